The minimum absolute atomic E-state index is 0.106. The van der Waals surface area contributed by atoms with Crippen LogP contribution >= 0.6 is 0 Å². The maximum Gasteiger partial charge on any atom is 0.411 e. The van der Waals surface area contributed by atoms with Gasteiger partial charge in [-0.1, -0.05) is 0 Å². The Morgan fingerprint density at radius 3 is 2.70 bits per heavy atom. The highest BCUT2D eigenvalue weighted by Gasteiger charge is 2.54. The van der Waals surface area contributed by atoms with Gasteiger partial charge < -0.3 is 10.5 Å². The molecule has 11 heteroatoms. The van der Waals surface area contributed by atoms with Crippen molar-refractivity contribution in [2.24, 2.45) is 0 Å². The molecule has 1 saturated heterocycles. The maximum absolute atomic E-state index is 14.4. The lowest BCUT2D eigenvalue weighted by molar-refractivity contribution is -0.0445. The van der Waals surface area contributed by atoms with Gasteiger partial charge in [-0.3, -0.25) is 4.90 Å². The van der Waals surface area contributed by atoms with Crippen LogP contribution < -0.4 is 5.73 Å². The highest BCUT2D eigenvalue weighted by molar-refractivity contribution is 5.69. The van der Waals surface area contributed by atoms with Crippen LogP contribution in [0.15, 0.2) is 18.6 Å². The number of nitrogens with two attached hydrogens (primary N) is 1. The number of rotatable bonds is 2. The molecule has 2 aromatic heterocycles. The third-order valence-electron chi connectivity index (χ3n) is 3.84. The Labute approximate surface area is 153 Å². The van der Waals surface area contributed by atoms with Crippen LogP contribution in [-0.2, 0) is 4.74 Å². The van der Waals surface area contributed by atoms with Crippen LogP contribution in [0.1, 0.15) is 39.1 Å². The highest BCUT2D eigenvalue weighted by atomic mass is 19.3. The molecule has 1 unspecified atom stereocenters. The van der Waals surface area contributed by atoms with Crippen molar-refractivity contribution in [2.45, 2.75) is 44.8 Å². The van der Waals surface area contributed by atoms with E-state index in [-0.39, 0.29) is 23.9 Å². The fourth-order valence-corrected chi connectivity index (χ4v) is 2.73. The number of amides is 1. The van der Waals surface area contributed by atoms with E-state index in [1.807, 2.05) is 0 Å². The minimum Gasteiger partial charge on any atom is -0.444 e. The maximum atomic E-state index is 14.4. The summed E-state index contributed by atoms with van der Waals surface area (Å²) in [6.45, 7) is 4.69. The van der Waals surface area contributed by atoms with Gasteiger partial charge in [0.15, 0.2) is 23.5 Å². The SMILES string of the molecule is CC(C)(C)OC(=O)N1CCC(F)(F)C1c1ncn(-c2ncc(N)cc2F)n1. The molecule has 1 amide bonds. The molecule has 3 rings (SSSR count). The van der Waals surface area contributed by atoms with Crippen molar-refractivity contribution in [3.8, 4) is 5.82 Å². The number of hydrogen-bond acceptors (Lipinski definition) is 6. The summed E-state index contributed by atoms with van der Waals surface area (Å²) in [7, 11) is 0. The highest BCUT2D eigenvalue weighted by Crippen LogP contribution is 2.43. The molecule has 0 aromatic carbocycles. The quantitative estimate of drug-likeness (QED) is 0.855. The van der Waals surface area contributed by atoms with Crippen molar-refractivity contribution >= 4 is 11.8 Å². The summed E-state index contributed by atoms with van der Waals surface area (Å²) in [5.74, 6) is -4.61. The number of likely N-dealkylation sites (tertiary alicyclic amines) is 1. The van der Waals surface area contributed by atoms with Crippen LogP contribution in [-0.4, -0.2) is 48.8 Å². The molecule has 0 saturated carbocycles. The number of halogens is 3. The Bertz CT molecular complexity index is 864. The van der Waals surface area contributed by atoms with Crippen molar-refractivity contribution in [3.63, 3.8) is 0 Å². The van der Waals surface area contributed by atoms with Crippen LogP contribution in [0.25, 0.3) is 5.82 Å². The van der Waals surface area contributed by atoms with E-state index >= 15 is 0 Å². The molecule has 27 heavy (non-hydrogen) atoms. The molecule has 1 aliphatic rings. The Morgan fingerprint density at radius 2 is 2.07 bits per heavy atom. The molecule has 0 spiro atoms. The van der Waals surface area contributed by atoms with E-state index in [4.69, 9.17) is 10.5 Å². The number of aromatic nitrogens is 4. The van der Waals surface area contributed by atoms with Gasteiger partial charge in [-0.25, -0.2) is 27.9 Å². The lowest BCUT2D eigenvalue weighted by Crippen LogP contribution is -2.39. The summed E-state index contributed by atoms with van der Waals surface area (Å²) < 4.78 is 49.0. The molecule has 1 aliphatic heterocycles. The van der Waals surface area contributed by atoms with Crippen LogP contribution in [0.3, 0.4) is 0 Å². The first-order valence-electron chi connectivity index (χ1n) is 8.18. The van der Waals surface area contributed by atoms with Crippen molar-refractivity contribution in [3.05, 3.63) is 30.2 Å². The van der Waals surface area contributed by atoms with Crippen molar-refractivity contribution in [2.75, 3.05) is 12.3 Å². The van der Waals surface area contributed by atoms with Gasteiger partial charge in [-0.2, -0.15) is 4.68 Å². The number of carbonyl (C=O) groups excluding carboxylic acids is 1. The normalized spacial score (nSPS) is 19.3. The Morgan fingerprint density at radius 1 is 1.37 bits per heavy atom. The zero-order valence-electron chi connectivity index (χ0n) is 15.0. The number of hydrogen-bond donors (Lipinski definition) is 1. The smallest absolute Gasteiger partial charge is 0.411 e. The standard InChI is InChI=1S/C16H19F3N6O2/c1-15(2,3)27-14(26)24-5-4-16(18,19)11(24)12-22-8-25(23-12)13-10(17)6-9(20)7-21-13/h6-8,11H,4-5,20H2,1-3H3. The lowest BCUT2D eigenvalue weighted by atomic mass is 10.1. The Balaban J connectivity index is 1.93. The number of nitrogens with zero attached hydrogens (tertiary/aromatic N) is 5. The Hall–Kier alpha value is -2.85. The second-order valence-electron chi connectivity index (χ2n) is 7.21. The second kappa shape index (κ2) is 6.39. The van der Waals surface area contributed by atoms with Crippen molar-refractivity contribution in [1.82, 2.24) is 24.6 Å². The fourth-order valence-electron chi connectivity index (χ4n) is 2.73. The Kier molecular flexibility index (Phi) is 4.48. The third-order valence-corrected chi connectivity index (χ3v) is 3.84. The van der Waals surface area contributed by atoms with E-state index in [0.717, 1.165) is 22.0 Å². The molecule has 146 valence electrons. The average molecular weight is 384 g/mol. The number of alkyl halides is 2. The number of carbonyl (C=O) groups is 1. The van der Waals surface area contributed by atoms with E-state index in [1.54, 1.807) is 20.8 Å². The van der Waals surface area contributed by atoms with Gasteiger partial charge in [0.1, 0.15) is 11.9 Å². The number of nitrogen functional groups attached to an aromatic ring is 1. The number of anilines is 1. The first-order valence-corrected chi connectivity index (χ1v) is 8.18. The summed E-state index contributed by atoms with van der Waals surface area (Å²) in [6, 6.07) is -0.689. The molecule has 3 heterocycles. The van der Waals surface area contributed by atoms with E-state index in [2.05, 4.69) is 15.1 Å². The van der Waals surface area contributed by atoms with Gasteiger partial charge in [-0.05, 0) is 20.8 Å². The van der Waals surface area contributed by atoms with Gasteiger partial charge in [-0.15, -0.1) is 5.10 Å². The number of pyridine rings is 1. The first-order chi connectivity index (χ1) is 12.5. The van der Waals surface area contributed by atoms with E-state index < -0.39 is 35.9 Å². The monoisotopic (exact) mass is 384 g/mol. The lowest BCUT2D eigenvalue weighted by Gasteiger charge is -2.28. The molecule has 1 fully saturated rings. The second-order valence-corrected chi connectivity index (χ2v) is 7.21. The van der Waals surface area contributed by atoms with E-state index in [9.17, 15) is 18.0 Å². The summed E-state index contributed by atoms with van der Waals surface area (Å²) in [5.41, 5.74) is 4.71. The molecule has 0 radical (unpaired) electrons. The zero-order valence-corrected chi connectivity index (χ0v) is 15.0. The van der Waals surface area contributed by atoms with Crippen LogP contribution in [0.5, 0.6) is 0 Å². The van der Waals surface area contributed by atoms with E-state index in [1.165, 1.54) is 6.20 Å². The molecular formula is C16H19F3N6O2. The molecule has 8 nitrogen and oxygen atoms in total. The molecular weight excluding hydrogens is 365 g/mol. The summed E-state index contributed by atoms with van der Waals surface area (Å²) in [5, 5.41) is 3.91. The fraction of sp³-hybridized carbons (Fsp3) is 0.500. The van der Waals surface area contributed by atoms with E-state index in [0.29, 0.717) is 0 Å². The summed E-state index contributed by atoms with van der Waals surface area (Å²) in [4.78, 5) is 20.9. The first kappa shape index (κ1) is 18.9. The van der Waals surface area contributed by atoms with Gasteiger partial charge in [0, 0.05) is 19.0 Å². The van der Waals surface area contributed by atoms with Crippen LogP contribution in [0.4, 0.5) is 23.7 Å². The predicted molar refractivity (Wildman–Crippen MR) is 88.8 cm³/mol. The third kappa shape index (κ3) is 3.81. The molecule has 1 atom stereocenters. The van der Waals surface area contributed by atoms with Gasteiger partial charge in [0.2, 0.25) is 0 Å². The largest absolute Gasteiger partial charge is 0.444 e. The average Bonchev–Trinajstić information content (AvgIpc) is 3.09. The molecule has 0 aliphatic carbocycles. The van der Waals surface area contributed by atoms with Gasteiger partial charge >= 0.3 is 6.09 Å². The molecule has 2 aromatic rings. The van der Waals surface area contributed by atoms with Crippen LogP contribution in [0.2, 0.25) is 0 Å². The topological polar surface area (TPSA) is 99.2 Å². The van der Waals surface area contributed by atoms with Crippen molar-refractivity contribution in [1.29, 1.82) is 0 Å². The minimum atomic E-state index is -3.25. The predicted octanol–water partition coefficient (Wildman–Crippen LogP) is 2.70. The zero-order chi connectivity index (χ0) is 20.0. The number of ether oxygens (including phenoxy) is 1. The molecule has 2 N–H and O–H groups in total. The molecule has 0 bridgehead atoms. The summed E-state index contributed by atoms with van der Waals surface area (Å²) in [6.07, 6.45) is 0.813. The van der Waals surface area contributed by atoms with Crippen molar-refractivity contribution < 1.29 is 22.7 Å². The van der Waals surface area contributed by atoms with Gasteiger partial charge in [0.05, 0.1) is 11.9 Å². The van der Waals surface area contributed by atoms with Gasteiger partial charge in [0.25, 0.3) is 5.92 Å². The summed E-state index contributed by atoms with van der Waals surface area (Å²) >= 11 is 0. The van der Waals surface area contributed by atoms with Crippen LogP contribution in [0, 0.1) is 5.82 Å².